The summed E-state index contributed by atoms with van der Waals surface area (Å²) in [6, 6.07) is 11.6. The molecule has 6 nitrogen and oxygen atoms in total. The van der Waals surface area contributed by atoms with Gasteiger partial charge in [-0.1, -0.05) is 6.07 Å². The maximum Gasteiger partial charge on any atom is 0.222 e. The van der Waals surface area contributed by atoms with Crippen molar-refractivity contribution in [2.45, 2.75) is 6.92 Å². The monoisotopic (exact) mass is 310 g/mol. The van der Waals surface area contributed by atoms with Crippen LogP contribution < -0.4 is 14.9 Å². The zero-order valence-electron chi connectivity index (χ0n) is 13.3. The van der Waals surface area contributed by atoms with Gasteiger partial charge in [-0.15, -0.1) is 0 Å². The van der Waals surface area contributed by atoms with Crippen LogP contribution in [0.3, 0.4) is 0 Å². The number of hydrogen-bond acceptors (Lipinski definition) is 5. The normalized spacial score (nSPS) is 11.1. The van der Waals surface area contributed by atoms with Gasteiger partial charge in [-0.2, -0.15) is 5.10 Å². The lowest BCUT2D eigenvalue weighted by Crippen LogP contribution is -1.94. The quantitative estimate of drug-likeness (QED) is 0.560. The van der Waals surface area contributed by atoms with Gasteiger partial charge in [-0.3, -0.25) is 0 Å². The number of aromatic nitrogens is 2. The molecule has 0 spiro atoms. The summed E-state index contributed by atoms with van der Waals surface area (Å²) < 4.78 is 10.5. The van der Waals surface area contributed by atoms with Crippen molar-refractivity contribution in [1.29, 1.82) is 0 Å². The number of aromatic amines is 1. The first-order chi connectivity index (χ1) is 11.2. The predicted molar refractivity (Wildman–Crippen MR) is 91.6 cm³/mol. The minimum Gasteiger partial charge on any atom is -0.493 e. The molecule has 118 valence electrons. The molecule has 0 radical (unpaired) electrons. The number of nitrogens with one attached hydrogen (secondary N) is 2. The molecule has 23 heavy (non-hydrogen) atoms. The van der Waals surface area contributed by atoms with Gasteiger partial charge in [0.05, 0.1) is 31.5 Å². The van der Waals surface area contributed by atoms with Gasteiger partial charge in [-0.05, 0) is 48.4 Å². The van der Waals surface area contributed by atoms with Crippen molar-refractivity contribution in [2.24, 2.45) is 5.10 Å². The van der Waals surface area contributed by atoms with Crippen molar-refractivity contribution in [2.75, 3.05) is 19.6 Å². The van der Waals surface area contributed by atoms with Crippen LogP contribution in [0, 0.1) is 6.92 Å². The van der Waals surface area contributed by atoms with Gasteiger partial charge in [0.25, 0.3) is 0 Å². The molecule has 0 saturated heterocycles. The van der Waals surface area contributed by atoms with Crippen LogP contribution in [0.25, 0.3) is 11.0 Å². The SMILES string of the molecule is COc1ccc(/C=N\Nc2nc3ccc(C)cc3[nH]2)cc1OC. The Morgan fingerprint density at radius 2 is 1.91 bits per heavy atom. The largest absolute Gasteiger partial charge is 0.493 e. The van der Waals surface area contributed by atoms with E-state index in [2.05, 4.69) is 20.5 Å². The van der Waals surface area contributed by atoms with Gasteiger partial charge >= 0.3 is 0 Å². The number of benzene rings is 2. The Morgan fingerprint density at radius 3 is 2.70 bits per heavy atom. The molecule has 2 aromatic carbocycles. The van der Waals surface area contributed by atoms with Crippen LogP contribution >= 0.6 is 0 Å². The molecule has 2 N–H and O–H groups in total. The first kappa shape index (κ1) is 14.9. The van der Waals surface area contributed by atoms with Crippen molar-refractivity contribution in [3.05, 3.63) is 47.5 Å². The Hall–Kier alpha value is -3.02. The number of rotatable bonds is 5. The third-order valence-corrected chi connectivity index (χ3v) is 3.43. The van der Waals surface area contributed by atoms with Gasteiger partial charge in [0.15, 0.2) is 11.5 Å². The van der Waals surface area contributed by atoms with E-state index < -0.39 is 0 Å². The van der Waals surface area contributed by atoms with Crippen molar-refractivity contribution in [1.82, 2.24) is 9.97 Å². The molecule has 0 saturated carbocycles. The molecule has 3 aromatic rings. The van der Waals surface area contributed by atoms with Crippen molar-refractivity contribution in [3.63, 3.8) is 0 Å². The number of methoxy groups -OCH3 is 2. The zero-order valence-corrected chi connectivity index (χ0v) is 13.3. The topological polar surface area (TPSA) is 71.5 Å². The first-order valence-corrected chi connectivity index (χ1v) is 7.17. The zero-order chi connectivity index (χ0) is 16.2. The van der Waals surface area contributed by atoms with Gasteiger partial charge in [0.1, 0.15) is 0 Å². The van der Waals surface area contributed by atoms with Crippen LogP contribution in [0.1, 0.15) is 11.1 Å². The average molecular weight is 310 g/mol. The molecule has 0 amide bonds. The number of nitrogens with zero attached hydrogens (tertiary/aromatic N) is 2. The van der Waals surface area contributed by atoms with Crippen LogP contribution in [0.4, 0.5) is 5.95 Å². The third-order valence-electron chi connectivity index (χ3n) is 3.43. The van der Waals surface area contributed by atoms with E-state index in [1.165, 1.54) is 5.56 Å². The van der Waals surface area contributed by atoms with Gasteiger partial charge < -0.3 is 14.5 Å². The van der Waals surface area contributed by atoms with Crippen LogP contribution in [0.15, 0.2) is 41.5 Å². The molecule has 0 aliphatic carbocycles. The predicted octanol–water partition coefficient (Wildman–Crippen LogP) is 3.33. The van der Waals surface area contributed by atoms with Crippen LogP contribution in [-0.4, -0.2) is 30.4 Å². The molecular formula is C17H18N4O2. The summed E-state index contributed by atoms with van der Waals surface area (Å²) in [4.78, 5) is 7.60. The minimum atomic E-state index is 0.599. The second-order valence-electron chi connectivity index (χ2n) is 5.09. The van der Waals surface area contributed by atoms with E-state index in [1.807, 2.05) is 43.3 Å². The highest BCUT2D eigenvalue weighted by Crippen LogP contribution is 2.26. The maximum absolute atomic E-state index is 5.27. The Balaban J connectivity index is 1.74. The van der Waals surface area contributed by atoms with Gasteiger partial charge in [-0.25, -0.2) is 10.4 Å². The fourth-order valence-corrected chi connectivity index (χ4v) is 2.28. The molecule has 0 atom stereocenters. The minimum absolute atomic E-state index is 0.599. The van der Waals surface area contributed by atoms with Crippen molar-refractivity contribution in [3.8, 4) is 11.5 Å². The number of imidazole rings is 1. The molecule has 0 aliphatic rings. The molecule has 1 heterocycles. The third kappa shape index (κ3) is 3.26. The smallest absolute Gasteiger partial charge is 0.222 e. The molecule has 1 aromatic heterocycles. The average Bonchev–Trinajstić information content (AvgIpc) is 2.96. The first-order valence-electron chi connectivity index (χ1n) is 7.17. The summed E-state index contributed by atoms with van der Waals surface area (Å²) >= 11 is 0. The molecular weight excluding hydrogens is 292 g/mol. The number of H-pyrrole nitrogens is 1. The van der Waals surface area contributed by atoms with Crippen molar-refractivity contribution >= 4 is 23.2 Å². The summed E-state index contributed by atoms with van der Waals surface area (Å²) in [5.74, 6) is 1.95. The van der Waals surface area contributed by atoms with Crippen LogP contribution in [-0.2, 0) is 0 Å². The lowest BCUT2D eigenvalue weighted by atomic mass is 10.2. The summed E-state index contributed by atoms with van der Waals surface area (Å²) in [6.45, 7) is 2.04. The Kier molecular flexibility index (Phi) is 4.14. The van der Waals surface area contributed by atoms with Gasteiger partial charge in [0.2, 0.25) is 5.95 Å². The molecule has 6 heteroatoms. The van der Waals surface area contributed by atoms with E-state index in [0.717, 1.165) is 16.6 Å². The molecule has 3 rings (SSSR count). The lowest BCUT2D eigenvalue weighted by molar-refractivity contribution is 0.355. The highest BCUT2D eigenvalue weighted by Gasteiger charge is 2.03. The van der Waals surface area contributed by atoms with E-state index >= 15 is 0 Å². The second-order valence-corrected chi connectivity index (χ2v) is 5.09. The maximum atomic E-state index is 5.27. The number of ether oxygens (including phenoxy) is 2. The van der Waals surface area contributed by atoms with E-state index in [4.69, 9.17) is 9.47 Å². The number of hydrogen-bond donors (Lipinski definition) is 2. The number of hydrazone groups is 1. The van der Waals surface area contributed by atoms with Crippen LogP contribution in [0.5, 0.6) is 11.5 Å². The number of fused-ring (bicyclic) bond motifs is 1. The van der Waals surface area contributed by atoms with Crippen molar-refractivity contribution < 1.29 is 9.47 Å². The lowest BCUT2D eigenvalue weighted by Gasteiger charge is -2.07. The summed E-state index contributed by atoms with van der Waals surface area (Å²) in [6.07, 6.45) is 1.69. The second kappa shape index (κ2) is 6.39. The molecule has 0 unspecified atom stereocenters. The van der Waals surface area contributed by atoms with Gasteiger partial charge in [0, 0.05) is 0 Å². The number of anilines is 1. The summed E-state index contributed by atoms with van der Waals surface area (Å²) in [5.41, 5.74) is 6.85. The molecule has 0 bridgehead atoms. The Bertz CT molecular complexity index is 855. The Morgan fingerprint density at radius 1 is 1.09 bits per heavy atom. The fraction of sp³-hybridized carbons (Fsp3) is 0.176. The van der Waals surface area contributed by atoms with E-state index in [9.17, 15) is 0 Å². The fourth-order valence-electron chi connectivity index (χ4n) is 2.28. The van der Waals surface area contributed by atoms with Crippen LogP contribution in [0.2, 0.25) is 0 Å². The molecule has 0 fully saturated rings. The number of aryl methyl sites for hydroxylation is 1. The van der Waals surface area contributed by atoms with E-state index in [0.29, 0.717) is 17.4 Å². The van der Waals surface area contributed by atoms with E-state index in [-0.39, 0.29) is 0 Å². The summed E-state index contributed by atoms with van der Waals surface area (Å²) in [7, 11) is 3.21. The highest BCUT2D eigenvalue weighted by molar-refractivity contribution is 5.82. The standard InChI is InChI=1S/C17H18N4O2/c1-11-4-6-13-14(8-11)20-17(19-13)21-18-10-12-5-7-15(22-2)16(9-12)23-3/h4-10H,1-3H3,(H2,19,20,21)/b18-10-. The molecule has 0 aliphatic heterocycles. The summed E-state index contributed by atoms with van der Waals surface area (Å²) in [5, 5.41) is 4.20. The van der Waals surface area contributed by atoms with E-state index in [1.54, 1.807) is 20.4 Å². The Labute approximate surface area is 134 Å². The highest BCUT2D eigenvalue weighted by atomic mass is 16.5.